The molecule has 0 spiro atoms. The summed E-state index contributed by atoms with van der Waals surface area (Å²) < 4.78 is 0. The molecular formula is C26H19O. The third kappa shape index (κ3) is 2.68. The molecule has 1 aliphatic carbocycles. The van der Waals surface area contributed by atoms with Crippen molar-refractivity contribution in [2.24, 2.45) is 0 Å². The molecule has 0 heterocycles. The average molecular weight is 347 g/mol. The third-order valence-corrected chi connectivity index (χ3v) is 5.50. The fourth-order valence-corrected chi connectivity index (χ4v) is 4.16. The molecule has 1 heteroatoms. The molecule has 4 aromatic rings. The molecule has 0 bridgehead atoms. The molecule has 0 fully saturated rings. The van der Waals surface area contributed by atoms with E-state index in [4.69, 9.17) is 0 Å². The Balaban J connectivity index is 1.67. The van der Waals surface area contributed by atoms with E-state index in [9.17, 15) is 5.11 Å². The third-order valence-electron chi connectivity index (χ3n) is 5.50. The van der Waals surface area contributed by atoms with E-state index in [1.807, 2.05) is 12.1 Å². The van der Waals surface area contributed by atoms with Crippen LogP contribution in [0.2, 0.25) is 0 Å². The molecule has 27 heavy (non-hydrogen) atoms. The van der Waals surface area contributed by atoms with Crippen LogP contribution in [-0.4, -0.2) is 0 Å². The lowest BCUT2D eigenvalue weighted by atomic mass is 9.90. The maximum atomic E-state index is 11.1. The van der Waals surface area contributed by atoms with Crippen LogP contribution in [0.1, 0.15) is 16.7 Å². The van der Waals surface area contributed by atoms with Gasteiger partial charge in [-0.3, -0.25) is 0 Å². The fraction of sp³-hybridized carbons (Fsp3) is 0.0769. The predicted molar refractivity (Wildman–Crippen MR) is 110 cm³/mol. The second kappa shape index (κ2) is 6.53. The first-order valence-corrected chi connectivity index (χ1v) is 9.32. The molecule has 0 atom stereocenters. The van der Waals surface area contributed by atoms with Gasteiger partial charge in [-0.05, 0) is 56.5 Å². The molecule has 0 saturated carbocycles. The van der Waals surface area contributed by atoms with Crippen molar-refractivity contribution in [2.45, 2.75) is 13.0 Å². The van der Waals surface area contributed by atoms with Gasteiger partial charge in [0.15, 0.2) is 0 Å². The van der Waals surface area contributed by atoms with Gasteiger partial charge in [-0.15, -0.1) is 0 Å². The lowest BCUT2D eigenvalue weighted by Gasteiger charge is -2.14. The Bertz CT molecular complexity index is 1120. The van der Waals surface area contributed by atoms with Crippen molar-refractivity contribution in [1.82, 2.24) is 0 Å². The topological polar surface area (TPSA) is 19.9 Å². The summed E-state index contributed by atoms with van der Waals surface area (Å²) in [4.78, 5) is 0. The summed E-state index contributed by atoms with van der Waals surface area (Å²) in [6.07, 6.45) is 0.977. The summed E-state index contributed by atoms with van der Waals surface area (Å²) in [7, 11) is 0. The van der Waals surface area contributed by atoms with Gasteiger partial charge in [-0.25, -0.2) is 5.11 Å². The van der Waals surface area contributed by atoms with Crippen LogP contribution >= 0.6 is 0 Å². The second-order valence-electron chi connectivity index (χ2n) is 7.05. The number of hydrogen-bond acceptors (Lipinski definition) is 0. The smallest absolute Gasteiger partial charge is 0.107 e. The highest BCUT2D eigenvalue weighted by atomic mass is 16.3. The molecule has 0 unspecified atom stereocenters. The van der Waals surface area contributed by atoms with Crippen LogP contribution in [0.4, 0.5) is 0 Å². The van der Waals surface area contributed by atoms with Gasteiger partial charge >= 0.3 is 0 Å². The van der Waals surface area contributed by atoms with Gasteiger partial charge in [-0.1, -0.05) is 91.0 Å². The zero-order valence-electron chi connectivity index (χ0n) is 15.0. The van der Waals surface area contributed by atoms with Crippen molar-refractivity contribution in [2.75, 3.05) is 0 Å². The van der Waals surface area contributed by atoms with Gasteiger partial charge in [0.25, 0.3) is 0 Å². The SMILES string of the molecule is [O]Cc1ccc(-c2ccccc2-c2cccc3c2Cc2ccccc2-3)cc1. The highest BCUT2D eigenvalue weighted by Crippen LogP contribution is 2.43. The molecule has 0 amide bonds. The highest BCUT2D eigenvalue weighted by Gasteiger charge is 2.22. The van der Waals surface area contributed by atoms with E-state index in [0.717, 1.165) is 17.5 Å². The lowest BCUT2D eigenvalue weighted by Crippen LogP contribution is -1.91. The fourth-order valence-electron chi connectivity index (χ4n) is 4.16. The van der Waals surface area contributed by atoms with Gasteiger partial charge in [0.2, 0.25) is 0 Å². The minimum absolute atomic E-state index is 0.174. The van der Waals surface area contributed by atoms with Crippen molar-refractivity contribution >= 4 is 0 Å². The van der Waals surface area contributed by atoms with Gasteiger partial charge in [0.1, 0.15) is 6.61 Å². The Morgan fingerprint density at radius 3 is 1.89 bits per heavy atom. The molecule has 4 aromatic carbocycles. The predicted octanol–water partition coefficient (Wildman–Crippen LogP) is 6.52. The first-order chi connectivity index (χ1) is 13.3. The Morgan fingerprint density at radius 1 is 0.556 bits per heavy atom. The number of rotatable bonds is 3. The Kier molecular flexibility index (Phi) is 3.88. The maximum absolute atomic E-state index is 11.1. The van der Waals surface area contributed by atoms with Crippen molar-refractivity contribution in [3.8, 4) is 33.4 Å². The van der Waals surface area contributed by atoms with Crippen LogP contribution in [0.25, 0.3) is 33.4 Å². The molecule has 1 nitrogen and oxygen atoms in total. The van der Waals surface area contributed by atoms with Crippen molar-refractivity contribution in [3.63, 3.8) is 0 Å². The van der Waals surface area contributed by atoms with Crippen LogP contribution in [0, 0.1) is 0 Å². The molecule has 1 radical (unpaired) electrons. The first-order valence-electron chi connectivity index (χ1n) is 9.32. The van der Waals surface area contributed by atoms with Crippen molar-refractivity contribution in [3.05, 3.63) is 108 Å². The molecule has 0 N–H and O–H groups in total. The molecular weight excluding hydrogens is 328 g/mol. The lowest BCUT2D eigenvalue weighted by molar-refractivity contribution is 0.177. The van der Waals surface area contributed by atoms with E-state index < -0.39 is 0 Å². The number of benzene rings is 4. The minimum Gasteiger partial charge on any atom is -0.232 e. The molecule has 0 saturated heterocycles. The first kappa shape index (κ1) is 16.0. The van der Waals surface area contributed by atoms with Gasteiger partial charge in [-0.2, -0.15) is 0 Å². The van der Waals surface area contributed by atoms with E-state index >= 15 is 0 Å². The highest BCUT2D eigenvalue weighted by molar-refractivity contribution is 5.90. The quantitative estimate of drug-likeness (QED) is 0.354. The summed E-state index contributed by atoms with van der Waals surface area (Å²) in [5.41, 5.74) is 11.2. The van der Waals surface area contributed by atoms with E-state index in [1.54, 1.807) is 0 Å². The van der Waals surface area contributed by atoms with Crippen molar-refractivity contribution in [1.29, 1.82) is 0 Å². The Morgan fingerprint density at radius 2 is 1.15 bits per heavy atom. The Hall–Kier alpha value is -3.16. The van der Waals surface area contributed by atoms with Gasteiger partial charge < -0.3 is 0 Å². The monoisotopic (exact) mass is 347 g/mol. The van der Waals surface area contributed by atoms with Crippen molar-refractivity contribution < 1.29 is 5.11 Å². The molecule has 5 rings (SSSR count). The standard InChI is InChI=1S/C26H19O/c27-17-18-12-14-19(15-13-18)21-7-3-4-9-23(21)25-11-5-10-24-22-8-2-1-6-20(22)16-26(24)25/h1-15H,16-17H2. The molecule has 0 aliphatic heterocycles. The zero-order valence-corrected chi connectivity index (χ0v) is 15.0. The van der Waals surface area contributed by atoms with Gasteiger partial charge in [0, 0.05) is 0 Å². The van der Waals surface area contributed by atoms with Crippen LogP contribution in [0.3, 0.4) is 0 Å². The van der Waals surface area contributed by atoms with E-state index in [0.29, 0.717) is 0 Å². The average Bonchev–Trinajstić information content (AvgIpc) is 3.13. The molecule has 1 aliphatic rings. The normalized spacial score (nSPS) is 11.9. The minimum atomic E-state index is -0.174. The summed E-state index contributed by atoms with van der Waals surface area (Å²) in [5, 5.41) is 11.1. The Labute approximate surface area is 159 Å². The van der Waals surface area contributed by atoms with Gasteiger partial charge in [0.05, 0.1) is 0 Å². The number of hydrogen-bond donors (Lipinski definition) is 0. The van der Waals surface area contributed by atoms with E-state index in [1.165, 1.54) is 38.9 Å². The summed E-state index contributed by atoms with van der Waals surface area (Å²) in [6, 6.07) is 31.9. The zero-order chi connectivity index (χ0) is 18.2. The van der Waals surface area contributed by atoms with Crippen LogP contribution < -0.4 is 0 Å². The number of fused-ring (bicyclic) bond motifs is 3. The van der Waals surface area contributed by atoms with Crippen LogP contribution in [0.15, 0.2) is 91.0 Å². The maximum Gasteiger partial charge on any atom is 0.107 e. The molecule has 129 valence electrons. The van der Waals surface area contributed by atoms with Crippen LogP contribution in [0.5, 0.6) is 0 Å². The largest absolute Gasteiger partial charge is 0.232 e. The summed E-state index contributed by atoms with van der Waals surface area (Å²) in [5.74, 6) is 0. The van der Waals surface area contributed by atoms with Crippen LogP contribution in [-0.2, 0) is 18.1 Å². The summed E-state index contributed by atoms with van der Waals surface area (Å²) in [6.45, 7) is -0.174. The summed E-state index contributed by atoms with van der Waals surface area (Å²) >= 11 is 0. The van der Waals surface area contributed by atoms with E-state index in [-0.39, 0.29) is 6.61 Å². The molecule has 0 aromatic heterocycles. The van der Waals surface area contributed by atoms with E-state index in [2.05, 4.69) is 78.9 Å². The second-order valence-corrected chi connectivity index (χ2v) is 7.05.